The molecule has 116 valence electrons. The van der Waals surface area contributed by atoms with Crippen molar-refractivity contribution in [1.29, 1.82) is 0 Å². The number of carbonyl (C=O) groups is 1. The minimum Gasteiger partial charge on any atom is -0.496 e. The summed E-state index contributed by atoms with van der Waals surface area (Å²) < 4.78 is 5.27. The summed E-state index contributed by atoms with van der Waals surface area (Å²) in [6.07, 6.45) is 0.304. The molecule has 0 saturated carbocycles. The van der Waals surface area contributed by atoms with E-state index < -0.39 is 0 Å². The number of benzene rings is 2. The molecule has 22 heavy (non-hydrogen) atoms. The minimum absolute atomic E-state index is 0.0266. The smallest absolute Gasteiger partial charge is 0.224 e. The Morgan fingerprint density at radius 3 is 2.59 bits per heavy atom. The third kappa shape index (κ3) is 4.09. The molecule has 0 unspecified atom stereocenters. The molecule has 2 aromatic carbocycles. The van der Waals surface area contributed by atoms with Gasteiger partial charge >= 0.3 is 0 Å². The fourth-order valence-corrected chi connectivity index (χ4v) is 2.30. The maximum atomic E-state index is 12.1. The zero-order valence-corrected chi connectivity index (χ0v) is 12.9. The fourth-order valence-electron chi connectivity index (χ4n) is 2.30. The predicted molar refractivity (Wildman–Crippen MR) is 85.6 cm³/mol. The molecule has 0 spiro atoms. The van der Waals surface area contributed by atoms with Gasteiger partial charge in [0.2, 0.25) is 5.91 Å². The highest BCUT2D eigenvalue weighted by atomic mass is 16.5. The molecule has 4 heteroatoms. The molecular weight excluding hydrogens is 278 g/mol. The lowest BCUT2D eigenvalue weighted by Gasteiger charge is -2.10. The summed E-state index contributed by atoms with van der Waals surface area (Å²) in [6, 6.07) is 13.3. The number of rotatable bonds is 6. The van der Waals surface area contributed by atoms with Crippen molar-refractivity contribution in [2.45, 2.75) is 26.5 Å². The number of hydrogen-bond acceptors (Lipinski definition) is 3. The van der Waals surface area contributed by atoms with Gasteiger partial charge in [0.1, 0.15) is 5.75 Å². The van der Waals surface area contributed by atoms with Crippen LogP contribution in [-0.4, -0.2) is 18.1 Å². The molecule has 0 saturated heterocycles. The molecule has 4 nitrogen and oxygen atoms in total. The van der Waals surface area contributed by atoms with Crippen LogP contribution in [-0.2, 0) is 24.4 Å². The Morgan fingerprint density at radius 2 is 1.91 bits per heavy atom. The van der Waals surface area contributed by atoms with E-state index in [0.29, 0.717) is 13.0 Å². The van der Waals surface area contributed by atoms with E-state index in [2.05, 4.69) is 5.32 Å². The molecule has 0 atom stereocenters. The van der Waals surface area contributed by atoms with E-state index in [4.69, 9.17) is 4.74 Å². The molecule has 0 aliphatic carbocycles. The third-order valence-electron chi connectivity index (χ3n) is 3.60. The standard InChI is InChI=1S/C18H21NO3/c1-13-7-8-14(9-17(13)22-2)10-18(21)19-11-15-5-3-4-6-16(15)12-20/h3-9,20H,10-12H2,1-2H3,(H,19,21). The molecule has 0 aliphatic rings. The van der Waals surface area contributed by atoms with Crippen LogP contribution < -0.4 is 10.1 Å². The largest absolute Gasteiger partial charge is 0.496 e. The molecule has 0 aliphatic heterocycles. The van der Waals surface area contributed by atoms with Crippen LogP contribution in [0.25, 0.3) is 0 Å². The molecule has 0 bridgehead atoms. The van der Waals surface area contributed by atoms with Crippen LogP contribution in [0.3, 0.4) is 0 Å². The van der Waals surface area contributed by atoms with Crippen LogP contribution >= 0.6 is 0 Å². The van der Waals surface area contributed by atoms with E-state index in [9.17, 15) is 9.90 Å². The second kappa shape index (κ2) is 7.61. The van der Waals surface area contributed by atoms with Crippen LogP contribution in [0.1, 0.15) is 22.3 Å². The van der Waals surface area contributed by atoms with Crippen molar-refractivity contribution in [1.82, 2.24) is 5.32 Å². The lowest BCUT2D eigenvalue weighted by Crippen LogP contribution is -2.25. The predicted octanol–water partition coefficient (Wildman–Crippen LogP) is 2.35. The summed E-state index contributed by atoms with van der Waals surface area (Å²) in [5.41, 5.74) is 3.72. The zero-order chi connectivity index (χ0) is 15.9. The molecule has 2 aromatic rings. The van der Waals surface area contributed by atoms with E-state index in [1.54, 1.807) is 7.11 Å². The number of aliphatic hydroxyl groups is 1. The van der Waals surface area contributed by atoms with Crippen LogP contribution in [0.4, 0.5) is 0 Å². The van der Waals surface area contributed by atoms with Gasteiger partial charge in [-0.2, -0.15) is 0 Å². The number of ether oxygens (including phenoxy) is 1. The quantitative estimate of drug-likeness (QED) is 0.861. The second-order valence-electron chi connectivity index (χ2n) is 5.18. The molecular formula is C18H21NO3. The first-order valence-electron chi connectivity index (χ1n) is 7.22. The topological polar surface area (TPSA) is 58.6 Å². The molecule has 0 fully saturated rings. The van der Waals surface area contributed by atoms with Crippen molar-refractivity contribution in [3.8, 4) is 5.75 Å². The Kier molecular flexibility index (Phi) is 5.55. The molecule has 0 radical (unpaired) electrons. The number of carbonyl (C=O) groups excluding carboxylic acids is 1. The molecule has 0 heterocycles. The van der Waals surface area contributed by atoms with Gasteiger partial charge in [-0.05, 0) is 35.2 Å². The maximum absolute atomic E-state index is 12.1. The maximum Gasteiger partial charge on any atom is 0.224 e. The number of hydrogen-bond donors (Lipinski definition) is 2. The minimum atomic E-state index is -0.0568. The summed E-state index contributed by atoms with van der Waals surface area (Å²) in [5, 5.41) is 12.2. The van der Waals surface area contributed by atoms with Gasteiger partial charge in [0, 0.05) is 6.54 Å². The number of amides is 1. The Labute approximate surface area is 130 Å². The lowest BCUT2D eigenvalue weighted by molar-refractivity contribution is -0.120. The first-order valence-corrected chi connectivity index (χ1v) is 7.22. The van der Waals surface area contributed by atoms with Gasteiger partial charge in [0.15, 0.2) is 0 Å². The van der Waals surface area contributed by atoms with E-state index in [1.807, 2.05) is 49.4 Å². The summed E-state index contributed by atoms with van der Waals surface area (Å²) in [4.78, 5) is 12.1. The molecule has 0 aromatic heterocycles. The highest BCUT2D eigenvalue weighted by Gasteiger charge is 2.07. The SMILES string of the molecule is COc1cc(CC(=O)NCc2ccccc2CO)ccc1C. The van der Waals surface area contributed by atoms with E-state index >= 15 is 0 Å². The van der Waals surface area contributed by atoms with Crippen LogP contribution in [0, 0.1) is 6.92 Å². The van der Waals surface area contributed by atoms with Crippen LogP contribution in [0.15, 0.2) is 42.5 Å². The van der Waals surface area contributed by atoms with Gasteiger partial charge in [0.25, 0.3) is 0 Å². The molecule has 2 rings (SSSR count). The lowest BCUT2D eigenvalue weighted by atomic mass is 10.1. The van der Waals surface area contributed by atoms with Gasteiger partial charge in [-0.25, -0.2) is 0 Å². The highest BCUT2D eigenvalue weighted by Crippen LogP contribution is 2.19. The Morgan fingerprint density at radius 1 is 1.18 bits per heavy atom. The van der Waals surface area contributed by atoms with Crippen molar-refractivity contribution >= 4 is 5.91 Å². The average molecular weight is 299 g/mol. The Hall–Kier alpha value is -2.33. The first-order chi connectivity index (χ1) is 10.6. The van der Waals surface area contributed by atoms with Crippen LogP contribution in [0.5, 0.6) is 5.75 Å². The number of nitrogens with one attached hydrogen (secondary N) is 1. The van der Waals surface area contributed by atoms with E-state index in [0.717, 1.165) is 28.0 Å². The number of aliphatic hydroxyl groups excluding tert-OH is 1. The van der Waals surface area contributed by atoms with Crippen molar-refractivity contribution in [2.24, 2.45) is 0 Å². The molecule has 2 N–H and O–H groups in total. The molecule has 1 amide bonds. The summed E-state index contributed by atoms with van der Waals surface area (Å²) >= 11 is 0. The van der Waals surface area contributed by atoms with Gasteiger partial charge in [-0.15, -0.1) is 0 Å². The summed E-state index contributed by atoms with van der Waals surface area (Å²) in [5.74, 6) is 0.731. The van der Waals surface area contributed by atoms with Gasteiger partial charge < -0.3 is 15.2 Å². The van der Waals surface area contributed by atoms with Gasteiger partial charge in [-0.3, -0.25) is 4.79 Å². The average Bonchev–Trinajstić information content (AvgIpc) is 2.55. The fraction of sp³-hybridized carbons (Fsp3) is 0.278. The third-order valence-corrected chi connectivity index (χ3v) is 3.60. The highest BCUT2D eigenvalue weighted by molar-refractivity contribution is 5.78. The van der Waals surface area contributed by atoms with Crippen LogP contribution in [0.2, 0.25) is 0 Å². The zero-order valence-electron chi connectivity index (χ0n) is 12.9. The number of methoxy groups -OCH3 is 1. The Bertz CT molecular complexity index is 653. The van der Waals surface area contributed by atoms with E-state index in [1.165, 1.54) is 0 Å². The van der Waals surface area contributed by atoms with E-state index in [-0.39, 0.29) is 12.5 Å². The van der Waals surface area contributed by atoms with Gasteiger partial charge in [-0.1, -0.05) is 36.4 Å². The second-order valence-corrected chi connectivity index (χ2v) is 5.18. The first kappa shape index (κ1) is 16.0. The Balaban J connectivity index is 1.96. The van der Waals surface area contributed by atoms with Crippen molar-refractivity contribution in [3.63, 3.8) is 0 Å². The summed E-state index contributed by atoms with van der Waals surface area (Å²) in [7, 11) is 1.62. The summed E-state index contributed by atoms with van der Waals surface area (Å²) in [6.45, 7) is 2.36. The monoisotopic (exact) mass is 299 g/mol. The van der Waals surface area contributed by atoms with Gasteiger partial charge in [0.05, 0.1) is 20.1 Å². The van der Waals surface area contributed by atoms with Crippen molar-refractivity contribution in [2.75, 3.05) is 7.11 Å². The normalized spacial score (nSPS) is 10.3. The van der Waals surface area contributed by atoms with Crippen molar-refractivity contribution in [3.05, 3.63) is 64.7 Å². The van der Waals surface area contributed by atoms with Crippen molar-refractivity contribution < 1.29 is 14.6 Å². The number of aryl methyl sites for hydroxylation is 1.